The van der Waals surface area contributed by atoms with Gasteiger partial charge in [0.25, 0.3) is 5.91 Å². The van der Waals surface area contributed by atoms with Gasteiger partial charge >= 0.3 is 0 Å². The molecule has 1 saturated heterocycles. The highest BCUT2D eigenvalue weighted by Gasteiger charge is 2.18. The summed E-state index contributed by atoms with van der Waals surface area (Å²) in [5.41, 5.74) is 2.87. The predicted octanol–water partition coefficient (Wildman–Crippen LogP) is 4.73. The van der Waals surface area contributed by atoms with Crippen molar-refractivity contribution < 1.29 is 14.3 Å². The largest absolute Gasteiger partial charge is 0.492 e. The Hall–Kier alpha value is -2.57. The summed E-state index contributed by atoms with van der Waals surface area (Å²) in [5.74, 6) is 0.774. The van der Waals surface area contributed by atoms with Gasteiger partial charge in [-0.15, -0.1) is 0 Å². The van der Waals surface area contributed by atoms with E-state index in [4.69, 9.17) is 9.47 Å². The minimum absolute atomic E-state index is 0.0624. The molecule has 1 fully saturated rings. The van der Waals surface area contributed by atoms with Crippen LogP contribution in [0.25, 0.3) is 0 Å². The molecule has 0 radical (unpaired) electrons. The summed E-state index contributed by atoms with van der Waals surface area (Å²) in [6, 6.07) is 16.4. The van der Waals surface area contributed by atoms with Crippen molar-refractivity contribution in [1.29, 1.82) is 0 Å². The average molecular weight is 468 g/mol. The van der Waals surface area contributed by atoms with E-state index in [0.717, 1.165) is 57.0 Å². The van der Waals surface area contributed by atoms with E-state index in [-0.39, 0.29) is 5.91 Å². The summed E-state index contributed by atoms with van der Waals surface area (Å²) >= 11 is 0. The van der Waals surface area contributed by atoms with Crippen molar-refractivity contribution in [3.63, 3.8) is 0 Å². The Kier molecular flexibility index (Phi) is 10.7. The smallest absolute Gasteiger partial charge is 0.251 e. The topological polar surface area (TPSA) is 54.0 Å². The number of nitrogens with one attached hydrogen (secondary N) is 1. The molecule has 0 spiro atoms. The molecule has 34 heavy (non-hydrogen) atoms. The molecule has 0 bridgehead atoms. The van der Waals surface area contributed by atoms with E-state index in [1.54, 1.807) is 0 Å². The third-order valence-corrected chi connectivity index (χ3v) is 6.54. The fourth-order valence-electron chi connectivity index (χ4n) is 4.29. The van der Waals surface area contributed by atoms with Crippen LogP contribution in [-0.4, -0.2) is 63.4 Å². The molecular weight excluding hydrogens is 426 g/mol. The molecule has 2 aromatic carbocycles. The van der Waals surface area contributed by atoms with E-state index < -0.39 is 0 Å². The second-order valence-electron chi connectivity index (χ2n) is 8.98. The molecule has 1 aliphatic rings. The molecule has 6 nitrogen and oxygen atoms in total. The van der Waals surface area contributed by atoms with Crippen LogP contribution in [0.1, 0.15) is 55.5 Å². The molecule has 0 atom stereocenters. The van der Waals surface area contributed by atoms with Gasteiger partial charge in [0, 0.05) is 56.7 Å². The lowest BCUT2D eigenvalue weighted by molar-refractivity contribution is 0.0392. The first-order chi connectivity index (χ1) is 16.6. The maximum absolute atomic E-state index is 12.7. The van der Waals surface area contributed by atoms with Gasteiger partial charge in [-0.25, -0.2) is 0 Å². The molecule has 1 N–H and O–H groups in total. The van der Waals surface area contributed by atoms with Crippen LogP contribution in [0.2, 0.25) is 0 Å². The molecule has 0 aliphatic carbocycles. The Morgan fingerprint density at radius 1 is 1.09 bits per heavy atom. The molecule has 186 valence electrons. The van der Waals surface area contributed by atoms with Crippen molar-refractivity contribution in [3.8, 4) is 5.75 Å². The number of hydrogen-bond donors (Lipinski definition) is 1. The van der Waals surface area contributed by atoms with Crippen LogP contribution in [0.4, 0.5) is 5.69 Å². The third-order valence-electron chi connectivity index (χ3n) is 6.54. The molecule has 0 aromatic heterocycles. The minimum atomic E-state index is -0.0624. The number of anilines is 1. The number of carbonyl (C=O) groups is 1. The van der Waals surface area contributed by atoms with Crippen molar-refractivity contribution in [3.05, 3.63) is 59.7 Å². The van der Waals surface area contributed by atoms with Crippen LogP contribution in [-0.2, 0) is 11.3 Å². The second kappa shape index (κ2) is 14.0. The number of nitrogens with zero attached hydrogens (tertiary/aromatic N) is 2. The summed E-state index contributed by atoms with van der Waals surface area (Å²) < 4.78 is 11.4. The minimum Gasteiger partial charge on any atom is -0.492 e. The summed E-state index contributed by atoms with van der Waals surface area (Å²) in [6.07, 6.45) is 4.52. The van der Waals surface area contributed by atoms with Gasteiger partial charge in [0.2, 0.25) is 0 Å². The first-order valence-electron chi connectivity index (χ1n) is 12.7. The highest BCUT2D eigenvalue weighted by molar-refractivity contribution is 5.94. The Labute approximate surface area is 205 Å². The number of rotatable bonds is 13. The van der Waals surface area contributed by atoms with E-state index in [1.807, 2.05) is 48.5 Å². The van der Waals surface area contributed by atoms with Crippen molar-refractivity contribution >= 4 is 11.6 Å². The van der Waals surface area contributed by atoms with Gasteiger partial charge in [-0.2, -0.15) is 0 Å². The molecule has 1 aliphatic heterocycles. The fourth-order valence-corrected chi connectivity index (χ4v) is 4.29. The molecule has 0 saturated carbocycles. The second-order valence-corrected chi connectivity index (χ2v) is 8.98. The maximum atomic E-state index is 12.7. The number of ether oxygens (including phenoxy) is 2. The summed E-state index contributed by atoms with van der Waals surface area (Å²) in [5, 5.41) is 3.03. The Bertz CT molecular complexity index is 865. The Morgan fingerprint density at radius 2 is 1.85 bits per heavy atom. The summed E-state index contributed by atoms with van der Waals surface area (Å²) in [4.78, 5) is 17.4. The maximum Gasteiger partial charge on any atom is 0.251 e. The van der Waals surface area contributed by atoms with E-state index in [0.29, 0.717) is 24.8 Å². The zero-order valence-electron chi connectivity index (χ0n) is 21.1. The standard InChI is InChI=1S/C28H41N3O3/c1-4-6-16-31(5-2)26-12-10-24(11-13-26)28(32)29-22-23-8-7-9-27(21-23)34-20-17-30(3)25-14-18-33-19-15-25/h7-13,21,25H,4-6,14-20,22H2,1-3H3,(H,29,32). The lowest BCUT2D eigenvalue weighted by Crippen LogP contribution is -2.38. The van der Waals surface area contributed by atoms with Crippen LogP contribution >= 0.6 is 0 Å². The SMILES string of the molecule is CCCCN(CC)c1ccc(C(=O)NCc2cccc(OCCN(C)C3CCOCC3)c2)cc1. The molecule has 6 heteroatoms. The van der Waals surface area contributed by atoms with Gasteiger partial charge in [0.15, 0.2) is 0 Å². The molecular formula is C28H41N3O3. The van der Waals surface area contributed by atoms with Gasteiger partial charge in [-0.3, -0.25) is 9.69 Å². The van der Waals surface area contributed by atoms with E-state index >= 15 is 0 Å². The van der Waals surface area contributed by atoms with Crippen molar-refractivity contribution in [1.82, 2.24) is 10.2 Å². The van der Waals surface area contributed by atoms with Crippen LogP contribution in [0.5, 0.6) is 5.75 Å². The van der Waals surface area contributed by atoms with Crippen molar-refractivity contribution in [2.75, 3.05) is 51.4 Å². The number of carbonyl (C=O) groups excluding carboxylic acids is 1. The molecule has 1 amide bonds. The number of amides is 1. The number of hydrogen-bond acceptors (Lipinski definition) is 5. The third kappa shape index (κ3) is 8.03. The fraction of sp³-hybridized carbons (Fsp3) is 0.536. The number of unbranched alkanes of at least 4 members (excludes halogenated alkanes) is 1. The number of benzene rings is 2. The highest BCUT2D eigenvalue weighted by atomic mass is 16.5. The normalized spacial score (nSPS) is 14.2. The Morgan fingerprint density at radius 3 is 2.56 bits per heavy atom. The van der Waals surface area contributed by atoms with Crippen LogP contribution in [0.15, 0.2) is 48.5 Å². The lowest BCUT2D eigenvalue weighted by Gasteiger charge is -2.31. The molecule has 0 unspecified atom stereocenters. The molecule has 1 heterocycles. The first-order valence-corrected chi connectivity index (χ1v) is 12.7. The van der Waals surface area contributed by atoms with Gasteiger partial charge in [-0.05, 0) is 75.2 Å². The summed E-state index contributed by atoms with van der Waals surface area (Å²) in [7, 11) is 2.16. The van der Waals surface area contributed by atoms with Gasteiger partial charge in [0.1, 0.15) is 12.4 Å². The van der Waals surface area contributed by atoms with Crippen LogP contribution < -0.4 is 15.0 Å². The van der Waals surface area contributed by atoms with Crippen molar-refractivity contribution in [2.45, 2.75) is 52.1 Å². The van der Waals surface area contributed by atoms with E-state index in [9.17, 15) is 4.79 Å². The lowest BCUT2D eigenvalue weighted by atomic mass is 10.1. The summed E-state index contributed by atoms with van der Waals surface area (Å²) in [6.45, 7) is 10.1. The van der Waals surface area contributed by atoms with E-state index in [1.165, 1.54) is 18.5 Å². The monoisotopic (exact) mass is 467 g/mol. The first kappa shape index (κ1) is 26.0. The van der Waals surface area contributed by atoms with Gasteiger partial charge in [0.05, 0.1) is 0 Å². The zero-order chi connectivity index (χ0) is 24.2. The zero-order valence-corrected chi connectivity index (χ0v) is 21.1. The Balaban J connectivity index is 1.45. The van der Waals surface area contributed by atoms with Gasteiger partial charge in [-0.1, -0.05) is 25.5 Å². The van der Waals surface area contributed by atoms with E-state index in [2.05, 4.69) is 36.0 Å². The quantitative estimate of drug-likeness (QED) is 0.461. The molecule has 3 rings (SSSR count). The number of likely N-dealkylation sites (N-methyl/N-ethyl adjacent to an activating group) is 1. The highest BCUT2D eigenvalue weighted by Crippen LogP contribution is 2.17. The van der Waals surface area contributed by atoms with Gasteiger partial charge < -0.3 is 19.7 Å². The average Bonchev–Trinajstić information content (AvgIpc) is 2.89. The molecule has 2 aromatic rings. The predicted molar refractivity (Wildman–Crippen MR) is 139 cm³/mol. The van der Waals surface area contributed by atoms with Crippen LogP contribution in [0.3, 0.4) is 0 Å². The van der Waals surface area contributed by atoms with Crippen LogP contribution in [0, 0.1) is 0 Å². The van der Waals surface area contributed by atoms with Crippen molar-refractivity contribution in [2.24, 2.45) is 0 Å².